The lowest BCUT2D eigenvalue weighted by molar-refractivity contribution is -0.145. The molecular weight excluding hydrogens is 304 g/mol. The van der Waals surface area contributed by atoms with Gasteiger partial charge in [-0.2, -0.15) is 0 Å². The molecule has 2 atom stereocenters. The van der Waals surface area contributed by atoms with Crippen LogP contribution in [0.1, 0.15) is 39.7 Å². The first-order valence-electron chi connectivity index (χ1n) is 8.68. The van der Waals surface area contributed by atoms with Crippen molar-refractivity contribution in [1.82, 2.24) is 10.6 Å². The molecule has 1 aromatic carbocycles. The van der Waals surface area contributed by atoms with Crippen LogP contribution >= 0.6 is 0 Å². The van der Waals surface area contributed by atoms with E-state index in [-0.39, 0.29) is 11.9 Å². The number of benzene rings is 1. The van der Waals surface area contributed by atoms with Gasteiger partial charge in [-0.25, -0.2) is 0 Å². The fourth-order valence-electron chi connectivity index (χ4n) is 2.46. The van der Waals surface area contributed by atoms with Gasteiger partial charge in [0.2, 0.25) is 5.91 Å². The van der Waals surface area contributed by atoms with Crippen LogP contribution in [0.15, 0.2) is 30.3 Å². The zero-order valence-electron chi connectivity index (χ0n) is 15.2. The summed E-state index contributed by atoms with van der Waals surface area (Å²) in [6, 6.07) is 9.12. The second kappa shape index (κ2) is 10.8. The maximum atomic E-state index is 12.5. The van der Waals surface area contributed by atoms with E-state index < -0.39 is 12.1 Å². The molecule has 1 amide bonds. The van der Waals surface area contributed by atoms with E-state index in [9.17, 15) is 9.59 Å². The van der Waals surface area contributed by atoms with E-state index in [4.69, 9.17) is 4.74 Å². The Morgan fingerprint density at radius 3 is 2.38 bits per heavy atom. The molecule has 0 spiro atoms. The van der Waals surface area contributed by atoms with Gasteiger partial charge in [0.25, 0.3) is 0 Å². The molecular formula is C19H30N2O3. The molecule has 0 heterocycles. The minimum absolute atomic E-state index is 0.0734. The van der Waals surface area contributed by atoms with Crippen LogP contribution < -0.4 is 10.6 Å². The van der Waals surface area contributed by atoms with Gasteiger partial charge >= 0.3 is 5.97 Å². The number of esters is 1. The van der Waals surface area contributed by atoms with Crippen LogP contribution in [0.5, 0.6) is 0 Å². The van der Waals surface area contributed by atoms with Crippen LogP contribution in [-0.2, 0) is 20.7 Å². The van der Waals surface area contributed by atoms with Crippen molar-refractivity contribution in [2.75, 3.05) is 13.2 Å². The van der Waals surface area contributed by atoms with Crippen molar-refractivity contribution in [3.8, 4) is 0 Å². The van der Waals surface area contributed by atoms with E-state index in [1.807, 2.05) is 30.3 Å². The Morgan fingerprint density at radius 1 is 1.12 bits per heavy atom. The van der Waals surface area contributed by atoms with Crippen LogP contribution in [-0.4, -0.2) is 37.1 Å². The number of nitrogens with one attached hydrogen (secondary N) is 2. The van der Waals surface area contributed by atoms with Crippen LogP contribution in [0.2, 0.25) is 0 Å². The molecule has 5 heteroatoms. The maximum absolute atomic E-state index is 12.5. The fourth-order valence-corrected chi connectivity index (χ4v) is 2.46. The zero-order valence-corrected chi connectivity index (χ0v) is 15.2. The Labute approximate surface area is 145 Å². The molecule has 0 aliphatic rings. The number of rotatable bonds is 10. The van der Waals surface area contributed by atoms with Gasteiger partial charge < -0.3 is 10.1 Å². The molecule has 1 unspecified atom stereocenters. The summed E-state index contributed by atoms with van der Waals surface area (Å²) < 4.78 is 5.00. The summed E-state index contributed by atoms with van der Waals surface area (Å²) in [5, 5.41) is 6.05. The lowest BCUT2D eigenvalue weighted by Gasteiger charge is -2.23. The first-order valence-corrected chi connectivity index (χ1v) is 8.68. The van der Waals surface area contributed by atoms with Gasteiger partial charge in [0.05, 0.1) is 12.6 Å². The Bertz CT molecular complexity index is 503. The average Bonchev–Trinajstić information content (AvgIpc) is 2.54. The third-order valence-corrected chi connectivity index (χ3v) is 3.67. The lowest BCUT2D eigenvalue weighted by atomic mass is 10.0. The van der Waals surface area contributed by atoms with Crippen molar-refractivity contribution in [2.45, 2.75) is 52.6 Å². The molecule has 0 aliphatic heterocycles. The second-order valence-electron chi connectivity index (χ2n) is 6.35. The third kappa shape index (κ3) is 7.59. The molecule has 1 aromatic rings. The van der Waals surface area contributed by atoms with Gasteiger partial charge in [0.15, 0.2) is 0 Å². The third-order valence-electron chi connectivity index (χ3n) is 3.67. The topological polar surface area (TPSA) is 67.4 Å². The minimum atomic E-state index is -0.506. The Kier molecular flexibility index (Phi) is 9.08. The molecule has 0 radical (unpaired) electrons. The van der Waals surface area contributed by atoms with Crippen molar-refractivity contribution < 1.29 is 14.3 Å². The Morgan fingerprint density at radius 2 is 1.79 bits per heavy atom. The van der Waals surface area contributed by atoms with Gasteiger partial charge in [-0.05, 0) is 38.2 Å². The number of carbonyl (C=O) groups is 2. The maximum Gasteiger partial charge on any atom is 0.322 e. The number of hydrogen-bond donors (Lipinski definition) is 2. The van der Waals surface area contributed by atoms with Gasteiger partial charge in [0, 0.05) is 6.54 Å². The average molecular weight is 334 g/mol. The molecule has 5 nitrogen and oxygen atoms in total. The molecule has 0 aromatic heterocycles. The van der Waals surface area contributed by atoms with Crippen LogP contribution in [0, 0.1) is 5.92 Å². The predicted molar refractivity (Wildman–Crippen MR) is 95.6 cm³/mol. The second-order valence-corrected chi connectivity index (χ2v) is 6.35. The minimum Gasteiger partial charge on any atom is -0.465 e. The fraction of sp³-hybridized carbons (Fsp3) is 0.579. The molecule has 0 saturated heterocycles. The van der Waals surface area contributed by atoms with Crippen molar-refractivity contribution in [3.63, 3.8) is 0 Å². The van der Waals surface area contributed by atoms with Gasteiger partial charge in [-0.15, -0.1) is 0 Å². The number of hydrogen-bond acceptors (Lipinski definition) is 4. The van der Waals surface area contributed by atoms with Gasteiger partial charge in [-0.3, -0.25) is 14.9 Å². The molecule has 0 bridgehead atoms. The highest BCUT2D eigenvalue weighted by Crippen LogP contribution is 2.07. The first kappa shape index (κ1) is 20.2. The monoisotopic (exact) mass is 334 g/mol. The van der Waals surface area contributed by atoms with E-state index >= 15 is 0 Å². The molecule has 134 valence electrons. The molecule has 2 N–H and O–H groups in total. The summed E-state index contributed by atoms with van der Waals surface area (Å²) >= 11 is 0. The Balaban J connectivity index is 2.52. The summed E-state index contributed by atoms with van der Waals surface area (Å²) in [4.78, 5) is 24.2. The highest BCUT2D eigenvalue weighted by molar-refractivity contribution is 5.83. The van der Waals surface area contributed by atoms with Crippen LogP contribution in [0.3, 0.4) is 0 Å². The van der Waals surface area contributed by atoms with Crippen molar-refractivity contribution in [2.24, 2.45) is 5.92 Å². The van der Waals surface area contributed by atoms with Crippen molar-refractivity contribution >= 4 is 11.9 Å². The number of carbonyl (C=O) groups excluding carboxylic acids is 2. The molecule has 24 heavy (non-hydrogen) atoms. The summed E-state index contributed by atoms with van der Waals surface area (Å²) in [5.74, 6) is -0.0594. The van der Waals surface area contributed by atoms with Crippen LogP contribution in [0.4, 0.5) is 0 Å². The summed E-state index contributed by atoms with van der Waals surface area (Å²) in [6.07, 6.45) is 1.45. The standard InChI is InChI=1S/C19H30N2O3/c1-5-24-19(23)15(4)21-17(13-14(2)3)18(22)20-12-11-16-9-7-6-8-10-16/h6-10,14-15,17,21H,5,11-13H2,1-4H3,(H,20,22)/t15?,17-/m0/s1. The van der Waals surface area contributed by atoms with Gasteiger partial charge in [-0.1, -0.05) is 44.2 Å². The molecule has 1 rings (SSSR count). The highest BCUT2D eigenvalue weighted by Gasteiger charge is 2.24. The van der Waals surface area contributed by atoms with Crippen molar-refractivity contribution in [3.05, 3.63) is 35.9 Å². The Hall–Kier alpha value is -1.88. The van der Waals surface area contributed by atoms with E-state index in [0.29, 0.717) is 25.5 Å². The smallest absolute Gasteiger partial charge is 0.322 e. The number of amides is 1. The summed E-state index contributed by atoms with van der Waals surface area (Å²) in [6.45, 7) is 8.52. The van der Waals surface area contributed by atoms with E-state index in [2.05, 4.69) is 24.5 Å². The molecule has 0 saturated carbocycles. The molecule has 0 aliphatic carbocycles. The van der Waals surface area contributed by atoms with E-state index in [1.54, 1.807) is 13.8 Å². The van der Waals surface area contributed by atoms with E-state index in [0.717, 1.165) is 6.42 Å². The summed E-state index contributed by atoms with van der Waals surface area (Å²) in [7, 11) is 0. The SMILES string of the molecule is CCOC(=O)C(C)N[C@@H](CC(C)C)C(=O)NCCc1ccccc1. The molecule has 0 fully saturated rings. The normalized spacial score (nSPS) is 13.4. The van der Waals surface area contributed by atoms with Crippen LogP contribution in [0.25, 0.3) is 0 Å². The van der Waals surface area contributed by atoms with E-state index in [1.165, 1.54) is 5.56 Å². The zero-order chi connectivity index (χ0) is 17.9. The summed E-state index contributed by atoms with van der Waals surface area (Å²) in [5.41, 5.74) is 1.19. The first-order chi connectivity index (χ1) is 11.4. The predicted octanol–water partition coefficient (Wildman–Crippen LogP) is 2.30. The highest BCUT2D eigenvalue weighted by atomic mass is 16.5. The number of ether oxygens (including phenoxy) is 1. The van der Waals surface area contributed by atoms with Gasteiger partial charge in [0.1, 0.15) is 6.04 Å². The lowest BCUT2D eigenvalue weighted by Crippen LogP contribution is -2.51. The largest absolute Gasteiger partial charge is 0.465 e. The van der Waals surface area contributed by atoms with Crippen molar-refractivity contribution in [1.29, 1.82) is 0 Å². The quantitative estimate of drug-likeness (QED) is 0.644.